The molecule has 0 aliphatic carbocycles. The molecule has 1 aromatic heterocycles. The van der Waals surface area contributed by atoms with Crippen LogP contribution < -0.4 is 4.74 Å². The maximum atomic E-state index is 9.39. The van der Waals surface area contributed by atoms with E-state index in [1.807, 2.05) is 24.3 Å². The van der Waals surface area contributed by atoms with Crippen molar-refractivity contribution < 1.29 is 9.84 Å². The molecule has 0 aliphatic rings. The van der Waals surface area contributed by atoms with Crippen LogP contribution in [0.2, 0.25) is 0 Å². The van der Waals surface area contributed by atoms with E-state index in [0.29, 0.717) is 5.88 Å². The van der Waals surface area contributed by atoms with Gasteiger partial charge in [0.05, 0.1) is 6.10 Å². The lowest BCUT2D eigenvalue weighted by molar-refractivity contribution is 0.198. The van der Waals surface area contributed by atoms with Crippen LogP contribution in [-0.4, -0.2) is 10.1 Å². The molecule has 0 aliphatic heterocycles. The first-order valence-corrected chi connectivity index (χ1v) is 6.10. The minimum atomic E-state index is -0.505. The van der Waals surface area contributed by atoms with E-state index in [1.165, 1.54) is 5.56 Å². The summed E-state index contributed by atoms with van der Waals surface area (Å²) in [5, 5.41) is 9.39. The lowest BCUT2D eigenvalue weighted by Crippen LogP contribution is -1.94. The van der Waals surface area contributed by atoms with E-state index in [9.17, 15) is 5.11 Å². The fourth-order valence-electron chi connectivity index (χ4n) is 1.65. The molecule has 1 heterocycles. The number of rotatable bonds is 4. The van der Waals surface area contributed by atoms with Crippen LogP contribution >= 0.6 is 0 Å². The average molecular weight is 243 g/mol. The Morgan fingerprint density at radius 3 is 2.72 bits per heavy atom. The molecule has 94 valence electrons. The summed E-state index contributed by atoms with van der Waals surface area (Å²) < 4.78 is 5.66. The van der Waals surface area contributed by atoms with Gasteiger partial charge in [0.25, 0.3) is 0 Å². The number of aliphatic hydroxyl groups excluding tert-OH is 1. The first kappa shape index (κ1) is 12.6. The summed E-state index contributed by atoms with van der Waals surface area (Å²) in [7, 11) is 0. The molecule has 1 N–H and O–H groups in total. The Bertz CT molecular complexity index is 506. The Hall–Kier alpha value is -1.87. The topological polar surface area (TPSA) is 42.4 Å². The zero-order valence-corrected chi connectivity index (χ0v) is 10.6. The van der Waals surface area contributed by atoms with Crippen molar-refractivity contribution in [1.29, 1.82) is 0 Å². The Kier molecular flexibility index (Phi) is 3.95. The maximum absolute atomic E-state index is 9.39. The first-order valence-electron chi connectivity index (χ1n) is 6.10. The number of aromatic nitrogens is 1. The van der Waals surface area contributed by atoms with E-state index in [4.69, 9.17) is 4.74 Å². The SMILES string of the molecule is CCc1cccc(Oc2ccc([C@H](C)O)cn2)c1. The molecule has 0 radical (unpaired) electrons. The molecule has 3 heteroatoms. The van der Waals surface area contributed by atoms with Crippen molar-refractivity contribution in [3.8, 4) is 11.6 Å². The van der Waals surface area contributed by atoms with Crippen molar-refractivity contribution in [2.75, 3.05) is 0 Å². The van der Waals surface area contributed by atoms with E-state index >= 15 is 0 Å². The fourth-order valence-corrected chi connectivity index (χ4v) is 1.65. The summed E-state index contributed by atoms with van der Waals surface area (Å²) in [5.74, 6) is 1.32. The molecule has 1 aromatic carbocycles. The monoisotopic (exact) mass is 243 g/mol. The molecule has 0 fully saturated rings. The third-order valence-electron chi connectivity index (χ3n) is 2.77. The predicted molar refractivity (Wildman–Crippen MR) is 70.8 cm³/mol. The molecule has 3 nitrogen and oxygen atoms in total. The summed E-state index contributed by atoms with van der Waals surface area (Å²) in [4.78, 5) is 4.17. The van der Waals surface area contributed by atoms with Gasteiger partial charge in [-0.3, -0.25) is 0 Å². The van der Waals surface area contributed by atoms with Gasteiger partial charge >= 0.3 is 0 Å². The molecule has 0 spiro atoms. The van der Waals surface area contributed by atoms with E-state index in [2.05, 4.69) is 18.0 Å². The van der Waals surface area contributed by atoms with Crippen LogP contribution in [0.25, 0.3) is 0 Å². The van der Waals surface area contributed by atoms with Gasteiger partial charge in [0.2, 0.25) is 5.88 Å². The Morgan fingerprint density at radius 2 is 2.11 bits per heavy atom. The van der Waals surface area contributed by atoms with Crippen molar-refractivity contribution in [2.45, 2.75) is 26.4 Å². The van der Waals surface area contributed by atoms with Crippen molar-refractivity contribution in [3.05, 3.63) is 53.7 Å². The van der Waals surface area contributed by atoms with Crippen LogP contribution in [0.3, 0.4) is 0 Å². The van der Waals surface area contributed by atoms with Crippen LogP contribution in [0.5, 0.6) is 11.6 Å². The molecule has 0 unspecified atom stereocenters. The Morgan fingerprint density at radius 1 is 1.28 bits per heavy atom. The van der Waals surface area contributed by atoms with Gasteiger partial charge in [-0.05, 0) is 42.7 Å². The van der Waals surface area contributed by atoms with Crippen LogP contribution in [0.15, 0.2) is 42.6 Å². The number of benzene rings is 1. The molecule has 0 amide bonds. The number of hydrogen-bond acceptors (Lipinski definition) is 3. The zero-order valence-electron chi connectivity index (χ0n) is 10.6. The van der Waals surface area contributed by atoms with E-state index in [-0.39, 0.29) is 0 Å². The second-order valence-electron chi connectivity index (χ2n) is 4.21. The second-order valence-corrected chi connectivity index (χ2v) is 4.21. The van der Waals surface area contributed by atoms with E-state index in [0.717, 1.165) is 17.7 Å². The van der Waals surface area contributed by atoms with Crippen LogP contribution in [-0.2, 0) is 6.42 Å². The van der Waals surface area contributed by atoms with Gasteiger partial charge in [0.1, 0.15) is 5.75 Å². The predicted octanol–water partition coefficient (Wildman–Crippen LogP) is 3.49. The summed E-state index contributed by atoms with van der Waals surface area (Å²) in [5.41, 5.74) is 2.01. The molecule has 2 rings (SSSR count). The summed E-state index contributed by atoms with van der Waals surface area (Å²) in [6.07, 6.45) is 2.10. The molecular weight excluding hydrogens is 226 g/mol. The van der Waals surface area contributed by atoms with Gasteiger partial charge in [-0.2, -0.15) is 0 Å². The maximum Gasteiger partial charge on any atom is 0.219 e. The number of aliphatic hydroxyl groups is 1. The average Bonchev–Trinajstić information content (AvgIpc) is 2.39. The number of nitrogens with zero attached hydrogens (tertiary/aromatic N) is 1. The van der Waals surface area contributed by atoms with Crippen molar-refractivity contribution in [3.63, 3.8) is 0 Å². The number of pyridine rings is 1. The summed E-state index contributed by atoms with van der Waals surface area (Å²) in [6.45, 7) is 3.82. The van der Waals surface area contributed by atoms with Gasteiger partial charge in [0.15, 0.2) is 0 Å². The van der Waals surface area contributed by atoms with Gasteiger partial charge < -0.3 is 9.84 Å². The van der Waals surface area contributed by atoms with Crippen molar-refractivity contribution in [2.24, 2.45) is 0 Å². The van der Waals surface area contributed by atoms with Crippen LogP contribution in [0.4, 0.5) is 0 Å². The van der Waals surface area contributed by atoms with Crippen LogP contribution in [0.1, 0.15) is 31.1 Å². The fraction of sp³-hybridized carbons (Fsp3) is 0.267. The number of ether oxygens (including phenoxy) is 1. The second kappa shape index (κ2) is 5.65. The first-order chi connectivity index (χ1) is 8.69. The lowest BCUT2D eigenvalue weighted by Gasteiger charge is -2.08. The quantitative estimate of drug-likeness (QED) is 0.893. The largest absolute Gasteiger partial charge is 0.439 e. The third kappa shape index (κ3) is 3.08. The minimum absolute atomic E-state index is 0.505. The van der Waals surface area contributed by atoms with Crippen molar-refractivity contribution >= 4 is 0 Å². The summed E-state index contributed by atoms with van der Waals surface area (Å²) >= 11 is 0. The normalized spacial score (nSPS) is 12.2. The highest BCUT2D eigenvalue weighted by atomic mass is 16.5. The molecule has 0 bridgehead atoms. The summed E-state index contributed by atoms with van der Waals surface area (Å²) in [6, 6.07) is 11.5. The van der Waals surface area contributed by atoms with Crippen LogP contribution in [0, 0.1) is 0 Å². The molecule has 1 atom stereocenters. The highest BCUT2D eigenvalue weighted by Crippen LogP contribution is 2.21. The van der Waals surface area contributed by atoms with Gasteiger partial charge in [-0.15, -0.1) is 0 Å². The molecule has 0 saturated heterocycles. The number of aryl methyl sites for hydroxylation is 1. The molecule has 0 saturated carbocycles. The highest BCUT2D eigenvalue weighted by Gasteiger charge is 2.03. The van der Waals surface area contributed by atoms with Gasteiger partial charge in [-0.25, -0.2) is 4.98 Å². The standard InChI is InChI=1S/C15H17NO2/c1-3-12-5-4-6-14(9-12)18-15-8-7-13(10-16-15)11(2)17/h4-11,17H,3H2,1-2H3/t11-/m0/s1. The number of hydrogen-bond donors (Lipinski definition) is 1. The zero-order chi connectivity index (χ0) is 13.0. The van der Waals surface area contributed by atoms with Crippen molar-refractivity contribution in [1.82, 2.24) is 4.98 Å². The van der Waals surface area contributed by atoms with E-state index < -0.39 is 6.10 Å². The molecule has 2 aromatic rings. The minimum Gasteiger partial charge on any atom is -0.439 e. The lowest BCUT2D eigenvalue weighted by atomic mass is 10.2. The van der Waals surface area contributed by atoms with E-state index in [1.54, 1.807) is 19.2 Å². The smallest absolute Gasteiger partial charge is 0.219 e. The Balaban J connectivity index is 2.13. The van der Waals surface area contributed by atoms with Gasteiger partial charge in [-0.1, -0.05) is 19.1 Å². The third-order valence-corrected chi connectivity index (χ3v) is 2.77. The highest BCUT2D eigenvalue weighted by molar-refractivity contribution is 5.32. The van der Waals surface area contributed by atoms with Gasteiger partial charge in [0, 0.05) is 12.3 Å². The molecule has 18 heavy (non-hydrogen) atoms. The Labute approximate surface area is 107 Å². The molecular formula is C15H17NO2.